The van der Waals surface area contributed by atoms with Crippen LogP contribution in [0.1, 0.15) is 31.9 Å². The third-order valence-corrected chi connectivity index (χ3v) is 5.31. The van der Waals surface area contributed by atoms with Crippen molar-refractivity contribution < 1.29 is 24.2 Å². The Labute approximate surface area is 198 Å². The number of alkyl carbamates (subject to hydrolysis) is 1. The molecule has 1 heterocycles. The van der Waals surface area contributed by atoms with Crippen molar-refractivity contribution >= 4 is 28.9 Å². The molecule has 0 aliphatic heterocycles. The molecule has 0 aliphatic rings. The normalized spacial score (nSPS) is 13.2. The lowest BCUT2D eigenvalue weighted by Crippen LogP contribution is -2.53. The van der Waals surface area contributed by atoms with Gasteiger partial charge in [0, 0.05) is 37.0 Å². The van der Waals surface area contributed by atoms with Crippen LogP contribution in [0, 0.1) is 0 Å². The standard InChI is InChI=1S/C26H31N3O5/c1-26(2,3)34-25(33)28-20(14-17-10-6-5-7-11-17)23(30)27-21(24(31)32)15-18-16-29(4)22-13-9-8-12-19(18)22/h5-13,16,20-21H,14-15H2,1-4H3,(H,27,30)(H,28,33)(H,31,32). The Bertz CT molecular complexity index is 1160. The van der Waals surface area contributed by atoms with Gasteiger partial charge in [-0.3, -0.25) is 4.79 Å². The highest BCUT2D eigenvalue weighted by molar-refractivity contribution is 5.90. The number of ether oxygens (including phenoxy) is 1. The molecule has 3 N–H and O–H groups in total. The predicted molar refractivity (Wildman–Crippen MR) is 129 cm³/mol. The molecule has 34 heavy (non-hydrogen) atoms. The van der Waals surface area contributed by atoms with Gasteiger partial charge in [0.1, 0.15) is 17.7 Å². The number of carbonyl (C=O) groups is 3. The number of nitrogens with zero attached hydrogens (tertiary/aromatic N) is 1. The van der Waals surface area contributed by atoms with Gasteiger partial charge in [-0.1, -0.05) is 48.5 Å². The summed E-state index contributed by atoms with van der Waals surface area (Å²) in [6.07, 6.45) is 1.41. The van der Waals surface area contributed by atoms with Crippen LogP contribution in [-0.2, 0) is 34.2 Å². The van der Waals surface area contributed by atoms with Gasteiger partial charge in [-0.2, -0.15) is 0 Å². The van der Waals surface area contributed by atoms with Gasteiger partial charge >= 0.3 is 12.1 Å². The van der Waals surface area contributed by atoms with Crippen LogP contribution in [0.15, 0.2) is 60.8 Å². The lowest BCUT2D eigenvalue weighted by Gasteiger charge is -2.24. The van der Waals surface area contributed by atoms with Gasteiger partial charge < -0.3 is 25.0 Å². The van der Waals surface area contributed by atoms with Crippen LogP contribution >= 0.6 is 0 Å². The number of para-hydroxylation sites is 1. The van der Waals surface area contributed by atoms with Crippen LogP contribution in [0.5, 0.6) is 0 Å². The van der Waals surface area contributed by atoms with Gasteiger partial charge in [0.15, 0.2) is 0 Å². The van der Waals surface area contributed by atoms with E-state index in [0.717, 1.165) is 22.0 Å². The van der Waals surface area contributed by atoms with Gasteiger partial charge in [0.05, 0.1) is 0 Å². The number of hydrogen-bond acceptors (Lipinski definition) is 4. The van der Waals surface area contributed by atoms with E-state index in [1.165, 1.54) is 0 Å². The highest BCUT2D eigenvalue weighted by Crippen LogP contribution is 2.21. The van der Waals surface area contributed by atoms with Crippen LogP contribution in [-0.4, -0.2) is 45.3 Å². The first kappa shape index (κ1) is 24.8. The van der Waals surface area contributed by atoms with Crippen molar-refractivity contribution in [2.45, 2.75) is 51.3 Å². The lowest BCUT2D eigenvalue weighted by molar-refractivity contribution is -0.142. The van der Waals surface area contributed by atoms with E-state index in [9.17, 15) is 19.5 Å². The Kier molecular flexibility index (Phi) is 7.61. The molecule has 0 radical (unpaired) electrons. The van der Waals surface area contributed by atoms with Crippen molar-refractivity contribution in [1.29, 1.82) is 0 Å². The molecule has 2 aromatic carbocycles. The number of hydrogen-bond donors (Lipinski definition) is 3. The molecule has 2 amide bonds. The van der Waals surface area contributed by atoms with E-state index in [1.807, 2.05) is 72.4 Å². The van der Waals surface area contributed by atoms with Crippen molar-refractivity contribution in [3.8, 4) is 0 Å². The number of nitrogens with one attached hydrogen (secondary N) is 2. The van der Waals surface area contributed by atoms with Crippen molar-refractivity contribution in [3.63, 3.8) is 0 Å². The highest BCUT2D eigenvalue weighted by Gasteiger charge is 2.29. The van der Waals surface area contributed by atoms with E-state index in [2.05, 4.69) is 10.6 Å². The number of carboxylic acid groups (broad SMARTS) is 1. The van der Waals surface area contributed by atoms with E-state index in [0.29, 0.717) is 0 Å². The largest absolute Gasteiger partial charge is 0.480 e. The van der Waals surface area contributed by atoms with Gasteiger partial charge in [-0.25, -0.2) is 9.59 Å². The van der Waals surface area contributed by atoms with Gasteiger partial charge in [0.25, 0.3) is 0 Å². The van der Waals surface area contributed by atoms with E-state index < -0.39 is 35.7 Å². The smallest absolute Gasteiger partial charge is 0.408 e. The summed E-state index contributed by atoms with van der Waals surface area (Å²) in [5.74, 6) is -1.75. The second-order valence-electron chi connectivity index (χ2n) is 9.27. The Balaban J connectivity index is 1.80. The number of aliphatic carboxylic acids is 1. The molecule has 3 aromatic rings. The summed E-state index contributed by atoms with van der Waals surface area (Å²) in [5, 5.41) is 16.0. The zero-order valence-electron chi connectivity index (χ0n) is 19.9. The number of aryl methyl sites for hydroxylation is 1. The molecule has 0 bridgehead atoms. The molecule has 2 unspecified atom stereocenters. The third-order valence-electron chi connectivity index (χ3n) is 5.31. The Hall–Kier alpha value is -3.81. The topological polar surface area (TPSA) is 110 Å². The first-order valence-electron chi connectivity index (χ1n) is 11.1. The lowest BCUT2D eigenvalue weighted by atomic mass is 10.0. The van der Waals surface area contributed by atoms with Crippen LogP contribution < -0.4 is 10.6 Å². The van der Waals surface area contributed by atoms with Crippen LogP contribution in [0.2, 0.25) is 0 Å². The Morgan fingerprint density at radius 3 is 2.24 bits per heavy atom. The fourth-order valence-corrected chi connectivity index (χ4v) is 3.79. The maximum absolute atomic E-state index is 13.2. The van der Waals surface area contributed by atoms with E-state index in [1.54, 1.807) is 20.8 Å². The molecule has 2 atom stereocenters. The van der Waals surface area contributed by atoms with E-state index in [-0.39, 0.29) is 12.8 Å². The molecule has 1 aromatic heterocycles. The maximum atomic E-state index is 13.2. The number of rotatable bonds is 8. The van der Waals surface area contributed by atoms with Crippen molar-refractivity contribution in [2.75, 3.05) is 0 Å². The molecule has 3 rings (SSSR count). The van der Waals surface area contributed by atoms with Gasteiger partial charge in [-0.05, 0) is 38.0 Å². The van der Waals surface area contributed by atoms with Crippen molar-refractivity contribution in [2.24, 2.45) is 7.05 Å². The van der Waals surface area contributed by atoms with Crippen molar-refractivity contribution in [1.82, 2.24) is 15.2 Å². The van der Waals surface area contributed by atoms with E-state index >= 15 is 0 Å². The second kappa shape index (κ2) is 10.4. The monoisotopic (exact) mass is 465 g/mol. The molecular weight excluding hydrogens is 434 g/mol. The SMILES string of the molecule is Cn1cc(CC(NC(=O)C(Cc2ccccc2)NC(=O)OC(C)(C)C)C(=O)O)c2ccccc21. The summed E-state index contributed by atoms with van der Waals surface area (Å²) < 4.78 is 7.23. The number of amides is 2. The minimum absolute atomic E-state index is 0.104. The second-order valence-corrected chi connectivity index (χ2v) is 9.27. The first-order chi connectivity index (χ1) is 16.0. The van der Waals surface area contributed by atoms with Crippen molar-refractivity contribution in [3.05, 3.63) is 71.9 Å². The molecule has 0 fully saturated rings. The summed E-state index contributed by atoms with van der Waals surface area (Å²) in [7, 11) is 1.89. The molecular formula is C26H31N3O5. The third kappa shape index (κ3) is 6.60. The number of fused-ring (bicyclic) bond motifs is 1. The molecule has 0 saturated heterocycles. The fourth-order valence-electron chi connectivity index (χ4n) is 3.79. The Morgan fingerprint density at radius 2 is 1.59 bits per heavy atom. The van der Waals surface area contributed by atoms with Crippen LogP contribution in [0.25, 0.3) is 10.9 Å². The van der Waals surface area contributed by atoms with E-state index in [4.69, 9.17) is 4.74 Å². The summed E-state index contributed by atoms with van der Waals surface area (Å²) in [6, 6.07) is 14.7. The quantitative estimate of drug-likeness (QED) is 0.472. The van der Waals surface area contributed by atoms with Crippen LogP contribution in [0.4, 0.5) is 4.79 Å². The van der Waals surface area contributed by atoms with Gasteiger partial charge in [0.2, 0.25) is 5.91 Å². The summed E-state index contributed by atoms with van der Waals surface area (Å²) >= 11 is 0. The minimum Gasteiger partial charge on any atom is -0.480 e. The molecule has 0 aliphatic carbocycles. The number of benzene rings is 2. The number of carbonyl (C=O) groups excluding carboxylic acids is 2. The molecule has 0 saturated carbocycles. The number of aromatic nitrogens is 1. The Morgan fingerprint density at radius 1 is 0.941 bits per heavy atom. The summed E-state index contributed by atoms with van der Waals surface area (Å²) in [4.78, 5) is 37.6. The first-order valence-corrected chi connectivity index (χ1v) is 11.1. The highest BCUT2D eigenvalue weighted by atomic mass is 16.6. The average Bonchev–Trinajstić information content (AvgIpc) is 3.07. The summed E-state index contributed by atoms with van der Waals surface area (Å²) in [5.41, 5.74) is 1.86. The molecule has 8 heteroatoms. The average molecular weight is 466 g/mol. The predicted octanol–water partition coefficient (Wildman–Crippen LogP) is 3.43. The van der Waals surface area contributed by atoms with Crippen LogP contribution in [0.3, 0.4) is 0 Å². The van der Waals surface area contributed by atoms with Gasteiger partial charge in [-0.15, -0.1) is 0 Å². The zero-order chi connectivity index (χ0) is 24.9. The maximum Gasteiger partial charge on any atom is 0.408 e. The summed E-state index contributed by atoms with van der Waals surface area (Å²) in [6.45, 7) is 5.18. The molecule has 8 nitrogen and oxygen atoms in total. The minimum atomic E-state index is -1.17. The fraction of sp³-hybridized carbons (Fsp3) is 0.346. The zero-order valence-corrected chi connectivity index (χ0v) is 19.9. The molecule has 0 spiro atoms. The molecule has 180 valence electrons. The number of carboxylic acids is 1.